The van der Waals surface area contributed by atoms with Crippen LogP contribution in [0, 0.1) is 11.3 Å². The standard InChI is InChI=1S/C14H17N3O2/c1-17-6-5-12(14(17)18)16-9-10-3-4-11(8-15)13(7-10)19-2/h3-4,7,12,16H,5-6,9H2,1-2H3. The van der Waals surface area contributed by atoms with Crippen molar-refractivity contribution in [1.29, 1.82) is 5.26 Å². The fourth-order valence-corrected chi connectivity index (χ4v) is 2.19. The van der Waals surface area contributed by atoms with E-state index in [1.807, 2.05) is 19.2 Å². The summed E-state index contributed by atoms with van der Waals surface area (Å²) in [6.45, 7) is 1.39. The van der Waals surface area contributed by atoms with Crippen LogP contribution < -0.4 is 10.1 Å². The first-order valence-electron chi connectivity index (χ1n) is 6.21. The zero-order valence-electron chi connectivity index (χ0n) is 11.1. The third kappa shape index (κ3) is 2.85. The van der Waals surface area contributed by atoms with Gasteiger partial charge < -0.3 is 15.0 Å². The maximum absolute atomic E-state index is 11.7. The Kier molecular flexibility index (Phi) is 4.03. The van der Waals surface area contributed by atoms with Gasteiger partial charge in [0, 0.05) is 20.1 Å². The van der Waals surface area contributed by atoms with Crippen LogP contribution in [-0.4, -0.2) is 37.6 Å². The Bertz CT molecular complexity index is 522. The van der Waals surface area contributed by atoms with Crippen molar-refractivity contribution in [2.24, 2.45) is 0 Å². The Labute approximate surface area is 112 Å². The highest BCUT2D eigenvalue weighted by Crippen LogP contribution is 2.19. The van der Waals surface area contributed by atoms with Crippen LogP contribution in [0.3, 0.4) is 0 Å². The van der Waals surface area contributed by atoms with Gasteiger partial charge in [0.15, 0.2) is 0 Å². The molecule has 1 fully saturated rings. The largest absolute Gasteiger partial charge is 0.495 e. The lowest BCUT2D eigenvalue weighted by atomic mass is 10.1. The average Bonchev–Trinajstić information content (AvgIpc) is 2.76. The van der Waals surface area contributed by atoms with Crippen LogP contribution in [-0.2, 0) is 11.3 Å². The SMILES string of the molecule is COc1cc(CNC2CCN(C)C2=O)ccc1C#N. The molecule has 1 heterocycles. The molecule has 1 aliphatic rings. The molecule has 1 saturated heterocycles. The minimum atomic E-state index is -0.105. The molecule has 0 aliphatic carbocycles. The number of carbonyl (C=O) groups excluding carboxylic acids is 1. The molecule has 1 unspecified atom stereocenters. The van der Waals surface area contributed by atoms with E-state index < -0.39 is 0 Å². The molecule has 0 aromatic heterocycles. The van der Waals surface area contributed by atoms with E-state index in [-0.39, 0.29) is 11.9 Å². The summed E-state index contributed by atoms with van der Waals surface area (Å²) in [6.07, 6.45) is 0.836. The number of nitrogens with zero attached hydrogens (tertiary/aromatic N) is 2. The van der Waals surface area contributed by atoms with E-state index in [1.54, 1.807) is 18.1 Å². The Morgan fingerprint density at radius 1 is 1.58 bits per heavy atom. The van der Waals surface area contributed by atoms with Gasteiger partial charge in [-0.3, -0.25) is 4.79 Å². The summed E-state index contributed by atoms with van der Waals surface area (Å²) in [4.78, 5) is 13.5. The summed E-state index contributed by atoms with van der Waals surface area (Å²) in [5.74, 6) is 0.706. The molecular formula is C14H17N3O2. The summed E-state index contributed by atoms with van der Waals surface area (Å²) in [5, 5.41) is 12.1. The summed E-state index contributed by atoms with van der Waals surface area (Å²) >= 11 is 0. The van der Waals surface area contributed by atoms with Crippen LogP contribution in [0.4, 0.5) is 0 Å². The van der Waals surface area contributed by atoms with Crippen molar-refractivity contribution < 1.29 is 9.53 Å². The lowest BCUT2D eigenvalue weighted by Crippen LogP contribution is -2.36. The van der Waals surface area contributed by atoms with Crippen molar-refractivity contribution in [2.75, 3.05) is 20.7 Å². The van der Waals surface area contributed by atoms with Gasteiger partial charge in [-0.1, -0.05) is 6.07 Å². The molecule has 2 rings (SSSR count). The molecule has 100 valence electrons. The normalized spacial score (nSPS) is 18.5. The molecule has 1 aliphatic heterocycles. The first-order valence-corrected chi connectivity index (χ1v) is 6.21. The topological polar surface area (TPSA) is 65.4 Å². The lowest BCUT2D eigenvalue weighted by molar-refractivity contribution is -0.128. The molecule has 19 heavy (non-hydrogen) atoms. The van der Waals surface area contributed by atoms with Gasteiger partial charge in [0.05, 0.1) is 18.7 Å². The van der Waals surface area contributed by atoms with Gasteiger partial charge in [-0.2, -0.15) is 5.26 Å². The van der Waals surface area contributed by atoms with Crippen molar-refractivity contribution in [2.45, 2.75) is 19.0 Å². The number of amides is 1. The van der Waals surface area contributed by atoms with Crippen molar-refractivity contribution in [3.8, 4) is 11.8 Å². The first kappa shape index (κ1) is 13.4. The van der Waals surface area contributed by atoms with Crippen LogP contribution in [0.5, 0.6) is 5.75 Å². The van der Waals surface area contributed by atoms with E-state index in [2.05, 4.69) is 11.4 Å². The number of hydrogen-bond acceptors (Lipinski definition) is 4. The number of benzene rings is 1. The zero-order valence-corrected chi connectivity index (χ0v) is 11.1. The van der Waals surface area contributed by atoms with Crippen LogP contribution in [0.15, 0.2) is 18.2 Å². The predicted octanol–water partition coefficient (Wildman–Crippen LogP) is 0.887. The summed E-state index contributed by atoms with van der Waals surface area (Å²) < 4.78 is 5.16. The molecule has 0 saturated carbocycles. The number of carbonyl (C=O) groups is 1. The van der Waals surface area contributed by atoms with Gasteiger partial charge in [-0.25, -0.2) is 0 Å². The summed E-state index contributed by atoms with van der Waals surface area (Å²) in [6, 6.07) is 7.41. The number of likely N-dealkylation sites (tertiary alicyclic amines) is 1. The van der Waals surface area contributed by atoms with Gasteiger partial charge in [0.1, 0.15) is 11.8 Å². The highest BCUT2D eigenvalue weighted by molar-refractivity contribution is 5.83. The smallest absolute Gasteiger partial charge is 0.239 e. The molecule has 1 amide bonds. The highest BCUT2D eigenvalue weighted by Gasteiger charge is 2.28. The molecule has 1 aromatic rings. The van der Waals surface area contributed by atoms with Gasteiger partial charge in [0.25, 0.3) is 0 Å². The maximum atomic E-state index is 11.7. The van der Waals surface area contributed by atoms with Gasteiger partial charge in [0.2, 0.25) is 5.91 Å². The van der Waals surface area contributed by atoms with Crippen molar-refractivity contribution in [3.63, 3.8) is 0 Å². The van der Waals surface area contributed by atoms with E-state index in [1.165, 1.54) is 0 Å². The highest BCUT2D eigenvalue weighted by atomic mass is 16.5. The van der Waals surface area contributed by atoms with Crippen LogP contribution >= 0.6 is 0 Å². The Morgan fingerprint density at radius 2 is 2.37 bits per heavy atom. The second-order valence-electron chi connectivity index (χ2n) is 4.63. The Morgan fingerprint density at radius 3 is 2.95 bits per heavy atom. The van der Waals surface area contributed by atoms with Gasteiger partial charge in [-0.05, 0) is 24.1 Å². The van der Waals surface area contributed by atoms with Crippen LogP contribution in [0.1, 0.15) is 17.5 Å². The number of hydrogen-bond donors (Lipinski definition) is 1. The molecule has 1 N–H and O–H groups in total. The van der Waals surface area contributed by atoms with E-state index in [0.29, 0.717) is 17.9 Å². The predicted molar refractivity (Wildman–Crippen MR) is 70.6 cm³/mol. The fourth-order valence-electron chi connectivity index (χ4n) is 2.19. The molecule has 5 heteroatoms. The molecule has 0 radical (unpaired) electrons. The number of ether oxygens (including phenoxy) is 1. The molecule has 1 aromatic carbocycles. The Balaban J connectivity index is 2.01. The van der Waals surface area contributed by atoms with E-state index in [0.717, 1.165) is 18.5 Å². The molecule has 0 bridgehead atoms. The molecule has 5 nitrogen and oxygen atoms in total. The van der Waals surface area contributed by atoms with E-state index >= 15 is 0 Å². The molecule has 0 spiro atoms. The number of nitrogens with one attached hydrogen (secondary N) is 1. The Hall–Kier alpha value is -2.06. The quantitative estimate of drug-likeness (QED) is 0.872. The van der Waals surface area contributed by atoms with E-state index in [4.69, 9.17) is 10.00 Å². The zero-order chi connectivity index (χ0) is 13.8. The fraction of sp³-hybridized carbons (Fsp3) is 0.429. The number of rotatable bonds is 4. The van der Waals surface area contributed by atoms with Crippen molar-refractivity contribution in [1.82, 2.24) is 10.2 Å². The lowest BCUT2D eigenvalue weighted by Gasteiger charge is -2.13. The first-order chi connectivity index (χ1) is 9.15. The summed E-state index contributed by atoms with van der Waals surface area (Å²) in [7, 11) is 3.36. The third-order valence-corrected chi connectivity index (χ3v) is 3.37. The second kappa shape index (κ2) is 5.72. The number of nitriles is 1. The maximum Gasteiger partial charge on any atom is 0.239 e. The molecular weight excluding hydrogens is 242 g/mol. The van der Waals surface area contributed by atoms with Gasteiger partial charge >= 0.3 is 0 Å². The van der Waals surface area contributed by atoms with Crippen LogP contribution in [0.2, 0.25) is 0 Å². The third-order valence-electron chi connectivity index (χ3n) is 3.37. The number of methoxy groups -OCH3 is 1. The minimum absolute atomic E-state index is 0.105. The van der Waals surface area contributed by atoms with Crippen LogP contribution in [0.25, 0.3) is 0 Å². The monoisotopic (exact) mass is 259 g/mol. The summed E-state index contributed by atoms with van der Waals surface area (Å²) in [5.41, 5.74) is 1.51. The molecule has 1 atom stereocenters. The average molecular weight is 259 g/mol. The minimum Gasteiger partial charge on any atom is -0.495 e. The van der Waals surface area contributed by atoms with Crippen molar-refractivity contribution in [3.05, 3.63) is 29.3 Å². The van der Waals surface area contributed by atoms with E-state index in [9.17, 15) is 4.79 Å². The van der Waals surface area contributed by atoms with Gasteiger partial charge in [-0.15, -0.1) is 0 Å². The van der Waals surface area contributed by atoms with Crippen molar-refractivity contribution >= 4 is 5.91 Å². The number of likely N-dealkylation sites (N-methyl/N-ethyl adjacent to an activating group) is 1. The second-order valence-corrected chi connectivity index (χ2v) is 4.63.